The Labute approximate surface area is 257 Å². The molecule has 0 aliphatic carbocycles. The maximum Gasteiger partial charge on any atom is 0.482 e. The molecule has 14 heteroatoms. The van der Waals surface area contributed by atoms with Gasteiger partial charge >= 0.3 is 19.8 Å². The smallest absolute Gasteiger partial charge is 0.482 e. The summed E-state index contributed by atoms with van der Waals surface area (Å²) in [5, 5.41) is 0.953. The molecule has 0 unspecified atom stereocenters. The minimum Gasteiger partial charge on any atom is -0.497 e. The number of methoxy groups -OCH3 is 1. The van der Waals surface area contributed by atoms with Crippen molar-refractivity contribution in [3.8, 4) is 5.75 Å². The van der Waals surface area contributed by atoms with E-state index in [2.05, 4.69) is 4.90 Å². The summed E-state index contributed by atoms with van der Waals surface area (Å²) < 4.78 is 47.7. The van der Waals surface area contributed by atoms with E-state index in [9.17, 15) is 14.2 Å². The zero-order chi connectivity index (χ0) is 31.7. The molecule has 238 valence electrons. The predicted molar refractivity (Wildman–Crippen MR) is 163 cm³/mol. The molecular weight excluding hydrogens is 591 g/mol. The van der Waals surface area contributed by atoms with Gasteiger partial charge in [0.25, 0.3) is 0 Å². The molecule has 4 rings (SSSR count). The molecule has 3 heterocycles. The lowest BCUT2D eigenvalue weighted by Gasteiger charge is -2.20. The lowest BCUT2D eigenvalue weighted by molar-refractivity contribution is -0.149. The highest BCUT2D eigenvalue weighted by atomic mass is 31.2. The second-order valence-corrected chi connectivity index (χ2v) is 12.1. The number of hydrogen-bond acceptors (Lipinski definition) is 12. The van der Waals surface area contributed by atoms with E-state index in [-0.39, 0.29) is 6.73 Å². The highest BCUT2D eigenvalue weighted by molar-refractivity contribution is 7.48. The Balaban J connectivity index is 1.46. The molecule has 0 N–H and O–H groups in total. The number of fused-ring (bicyclic) bond motifs is 1. The highest BCUT2D eigenvalue weighted by Gasteiger charge is 2.30. The largest absolute Gasteiger partial charge is 0.497 e. The lowest BCUT2D eigenvalue weighted by Crippen LogP contribution is -2.17. The van der Waals surface area contributed by atoms with Crippen molar-refractivity contribution >= 4 is 30.7 Å². The quantitative estimate of drug-likeness (QED) is 0.158. The van der Waals surface area contributed by atoms with Crippen LogP contribution in [0.5, 0.6) is 5.75 Å². The molecule has 0 radical (unpaired) electrons. The number of likely N-dealkylation sites (N-methyl/N-ethyl adjacent to an activating group) is 1. The van der Waals surface area contributed by atoms with Crippen molar-refractivity contribution in [3.63, 3.8) is 0 Å². The summed E-state index contributed by atoms with van der Waals surface area (Å²) in [6, 6.07) is 5.63. The molecule has 0 atom stereocenters. The zero-order valence-corrected chi connectivity index (χ0v) is 26.5. The maximum atomic E-state index is 13.7. The van der Waals surface area contributed by atoms with E-state index >= 15 is 0 Å². The van der Waals surface area contributed by atoms with Crippen molar-refractivity contribution < 1.29 is 41.9 Å². The fourth-order valence-corrected chi connectivity index (χ4v) is 5.35. The van der Waals surface area contributed by atoms with Gasteiger partial charge in [-0.2, -0.15) is 0 Å². The van der Waals surface area contributed by atoms with Gasteiger partial charge in [-0.3, -0.25) is 4.52 Å². The summed E-state index contributed by atoms with van der Waals surface area (Å²) in [5.41, 5.74) is 2.63. The van der Waals surface area contributed by atoms with E-state index < -0.39 is 33.3 Å². The number of ether oxygens (including phenoxy) is 3. The highest BCUT2D eigenvalue weighted by Crippen LogP contribution is 2.50. The van der Waals surface area contributed by atoms with Crippen LogP contribution in [0.25, 0.3) is 10.9 Å². The molecule has 1 aromatic heterocycles. The van der Waals surface area contributed by atoms with Crippen LogP contribution in [0, 0.1) is 0 Å². The summed E-state index contributed by atoms with van der Waals surface area (Å²) in [6.07, 6.45) is 13.9. The first-order valence-electron chi connectivity index (χ1n) is 13.9. The zero-order valence-electron chi connectivity index (χ0n) is 25.6. The Kier molecular flexibility index (Phi) is 11.4. The number of aromatic nitrogens is 1. The third kappa shape index (κ3) is 9.07. The number of carbonyl (C=O) groups excluding carboxylic acids is 2. The number of allylic oxidation sites excluding steroid dienone is 2. The molecule has 2 aliphatic rings. The van der Waals surface area contributed by atoms with Gasteiger partial charge in [0, 0.05) is 57.5 Å². The van der Waals surface area contributed by atoms with Crippen molar-refractivity contribution in [1.82, 2.24) is 19.3 Å². The van der Waals surface area contributed by atoms with Gasteiger partial charge in [0.15, 0.2) is 0 Å². The molecule has 0 saturated carbocycles. The lowest BCUT2D eigenvalue weighted by atomic mass is 10.1. The van der Waals surface area contributed by atoms with Gasteiger partial charge in [0.2, 0.25) is 13.6 Å². The Morgan fingerprint density at radius 3 is 2.02 bits per heavy atom. The normalized spacial score (nSPS) is 15.0. The van der Waals surface area contributed by atoms with E-state index in [0.717, 1.165) is 29.4 Å². The van der Waals surface area contributed by atoms with E-state index in [1.165, 1.54) is 0 Å². The second kappa shape index (κ2) is 15.2. The summed E-state index contributed by atoms with van der Waals surface area (Å²) >= 11 is 0. The fourth-order valence-electron chi connectivity index (χ4n) is 4.49. The second-order valence-electron chi connectivity index (χ2n) is 10.4. The van der Waals surface area contributed by atoms with Gasteiger partial charge in [-0.05, 0) is 56.7 Å². The van der Waals surface area contributed by atoms with Crippen molar-refractivity contribution in [3.05, 3.63) is 78.1 Å². The van der Waals surface area contributed by atoms with Gasteiger partial charge in [-0.15, -0.1) is 0 Å². The van der Waals surface area contributed by atoms with E-state index in [1.54, 1.807) is 48.0 Å². The number of phosphoric ester groups is 1. The fraction of sp³-hybridized carbons (Fsp3) is 0.400. The molecule has 0 bridgehead atoms. The first-order chi connectivity index (χ1) is 21.1. The Morgan fingerprint density at radius 1 is 0.909 bits per heavy atom. The van der Waals surface area contributed by atoms with Gasteiger partial charge in [0.05, 0.1) is 23.8 Å². The Morgan fingerprint density at radius 2 is 1.50 bits per heavy atom. The van der Waals surface area contributed by atoms with Gasteiger partial charge in [-0.25, -0.2) is 23.2 Å². The summed E-state index contributed by atoms with van der Waals surface area (Å²) in [4.78, 5) is 30.5. The average Bonchev–Trinajstić information content (AvgIpc) is 3.35. The van der Waals surface area contributed by atoms with E-state index in [0.29, 0.717) is 29.7 Å². The molecular formula is C30H39N4O9P. The molecule has 0 saturated heterocycles. The number of carbonyl (C=O) groups is 2. The SMILES string of the molecule is COc1ccc2c(c1)c(CCN(C)C)cn2COP(=O)(OCOC(=O)C1=CN(C)C=CC1)OCOC(=O)C1=CN(C)C=CC1. The maximum absolute atomic E-state index is 13.7. The molecule has 2 aromatic rings. The van der Waals surface area contributed by atoms with Crippen LogP contribution < -0.4 is 4.74 Å². The number of benzene rings is 1. The average molecular weight is 631 g/mol. The van der Waals surface area contributed by atoms with Crippen molar-refractivity contribution in [2.75, 3.05) is 55.4 Å². The van der Waals surface area contributed by atoms with Gasteiger partial charge in [0.1, 0.15) is 12.5 Å². The predicted octanol–water partition coefficient (Wildman–Crippen LogP) is 4.34. The number of rotatable bonds is 15. The van der Waals surface area contributed by atoms with Crippen LogP contribution in [-0.4, -0.2) is 86.6 Å². The third-order valence-corrected chi connectivity index (χ3v) is 8.03. The molecule has 2 aliphatic heterocycles. The minimum absolute atomic E-state index is 0.231. The third-order valence-electron chi connectivity index (χ3n) is 6.76. The first kappa shape index (κ1) is 33.0. The van der Waals surface area contributed by atoms with Crippen molar-refractivity contribution in [2.24, 2.45) is 0 Å². The first-order valence-corrected chi connectivity index (χ1v) is 15.4. The van der Waals surface area contributed by atoms with Crippen LogP contribution in [0.15, 0.2) is 72.5 Å². The van der Waals surface area contributed by atoms with Crippen molar-refractivity contribution in [2.45, 2.75) is 26.0 Å². The molecule has 44 heavy (non-hydrogen) atoms. The van der Waals surface area contributed by atoms with E-state index in [1.807, 2.05) is 63.0 Å². The van der Waals surface area contributed by atoms with Gasteiger partial charge in [-0.1, -0.05) is 12.2 Å². The molecule has 0 amide bonds. The number of hydrogen-bond donors (Lipinski definition) is 0. The van der Waals surface area contributed by atoms with Gasteiger partial charge < -0.3 is 33.5 Å². The Bertz CT molecular complexity index is 1450. The molecule has 0 spiro atoms. The van der Waals surface area contributed by atoms with Crippen LogP contribution in [-0.2, 0) is 50.4 Å². The van der Waals surface area contributed by atoms with Crippen LogP contribution in [0.3, 0.4) is 0 Å². The topological polar surface area (TPSA) is 121 Å². The summed E-state index contributed by atoms with van der Waals surface area (Å²) in [6.45, 7) is -0.853. The van der Waals surface area contributed by atoms with E-state index in [4.69, 9.17) is 27.8 Å². The molecule has 13 nitrogen and oxygen atoms in total. The Hall–Kier alpha value is -3.87. The molecule has 1 aromatic carbocycles. The summed E-state index contributed by atoms with van der Waals surface area (Å²) in [7, 11) is 4.73. The molecule has 0 fully saturated rings. The minimum atomic E-state index is -4.41. The number of esters is 2. The number of nitrogens with zero attached hydrogens (tertiary/aromatic N) is 4. The van der Waals surface area contributed by atoms with Crippen molar-refractivity contribution in [1.29, 1.82) is 0 Å². The number of phosphoric acid groups is 1. The van der Waals surface area contributed by atoms with Crippen LogP contribution in [0.4, 0.5) is 0 Å². The van der Waals surface area contributed by atoms with Crippen LogP contribution in [0.1, 0.15) is 18.4 Å². The van der Waals surface area contributed by atoms with Crippen LogP contribution in [0.2, 0.25) is 0 Å². The monoisotopic (exact) mass is 630 g/mol. The standard InChI is InChI=1S/C30H39N4O9P/c1-31(2)15-12-23-19-34(28-11-10-26(38-5)16-27(23)28)20-41-44(37,42-21-39-29(35)24-8-6-13-32(3)17-24)43-22-40-30(36)25-9-7-14-33(4)18-25/h6-7,10-11,13-14,16-19H,8-9,12,15,20-22H2,1-5H3. The van der Waals surface area contributed by atoms with Crippen LogP contribution >= 0.6 is 7.82 Å². The summed E-state index contributed by atoms with van der Waals surface area (Å²) in [5.74, 6) is -0.583.